The van der Waals surface area contributed by atoms with Crippen molar-refractivity contribution in [2.45, 2.75) is 0 Å². The molecule has 1 amide bonds. The SMILES string of the molecule is COc1cccc2oc(-c3nc4ccccc4c(=O)n3N=Cc3ccc(OCC(=O)Nc4ccccc4F)cc3)cc12. The van der Waals surface area contributed by atoms with E-state index in [9.17, 15) is 14.0 Å². The van der Waals surface area contributed by atoms with Crippen molar-refractivity contribution in [1.82, 2.24) is 9.66 Å². The maximum Gasteiger partial charge on any atom is 0.282 e. The Kier molecular flexibility index (Phi) is 7.17. The highest BCUT2D eigenvalue weighted by Gasteiger charge is 2.18. The zero-order chi connectivity index (χ0) is 29.1. The lowest BCUT2D eigenvalue weighted by molar-refractivity contribution is -0.118. The van der Waals surface area contributed by atoms with E-state index < -0.39 is 11.7 Å². The van der Waals surface area contributed by atoms with Gasteiger partial charge in [-0.05, 0) is 72.3 Å². The number of carbonyl (C=O) groups is 1. The fourth-order valence-electron chi connectivity index (χ4n) is 4.38. The van der Waals surface area contributed by atoms with E-state index in [0.29, 0.717) is 39.3 Å². The number of methoxy groups -OCH3 is 1. The maximum absolute atomic E-state index is 13.8. The molecule has 0 spiro atoms. The van der Waals surface area contributed by atoms with Crippen molar-refractivity contribution in [1.29, 1.82) is 0 Å². The van der Waals surface area contributed by atoms with Crippen molar-refractivity contribution in [2.75, 3.05) is 19.0 Å². The first-order chi connectivity index (χ1) is 20.5. The van der Waals surface area contributed by atoms with Crippen molar-refractivity contribution in [3.8, 4) is 23.1 Å². The molecule has 42 heavy (non-hydrogen) atoms. The first-order valence-electron chi connectivity index (χ1n) is 12.9. The van der Waals surface area contributed by atoms with Crippen LogP contribution in [-0.2, 0) is 4.79 Å². The molecule has 0 unspecified atom stereocenters. The van der Waals surface area contributed by atoms with Crippen LogP contribution in [0.2, 0.25) is 0 Å². The molecule has 9 nitrogen and oxygen atoms in total. The molecule has 6 aromatic rings. The van der Waals surface area contributed by atoms with Crippen LogP contribution in [0.25, 0.3) is 33.5 Å². The van der Waals surface area contributed by atoms with Gasteiger partial charge in [-0.1, -0.05) is 30.3 Å². The highest BCUT2D eigenvalue weighted by Crippen LogP contribution is 2.32. The van der Waals surface area contributed by atoms with Crippen LogP contribution < -0.4 is 20.3 Å². The highest BCUT2D eigenvalue weighted by molar-refractivity contribution is 5.92. The average molecular weight is 563 g/mol. The standard InChI is InChI=1S/C32H23FN4O5/c1-40-27-11-6-12-28-23(27)17-29(42-28)31-36-25-9-4-2-7-22(25)32(39)37(31)34-18-20-13-15-21(16-14-20)41-19-30(38)35-26-10-5-3-8-24(26)33/h2-18H,19H2,1H3,(H,35,38). The normalized spacial score (nSPS) is 11.3. The van der Waals surface area contributed by atoms with Gasteiger partial charge in [-0.3, -0.25) is 9.59 Å². The molecule has 6 rings (SSSR count). The van der Waals surface area contributed by atoms with Crippen LogP contribution >= 0.6 is 0 Å². The summed E-state index contributed by atoms with van der Waals surface area (Å²) < 4.78 is 32.0. The van der Waals surface area contributed by atoms with Crippen LogP contribution in [0.3, 0.4) is 0 Å². The number of carbonyl (C=O) groups excluding carboxylic acids is 1. The van der Waals surface area contributed by atoms with E-state index in [-0.39, 0.29) is 23.7 Å². The monoisotopic (exact) mass is 562 g/mol. The Morgan fingerprint density at radius 2 is 1.79 bits per heavy atom. The van der Waals surface area contributed by atoms with Crippen molar-refractivity contribution < 1.29 is 23.1 Å². The predicted molar refractivity (Wildman–Crippen MR) is 158 cm³/mol. The number of furan rings is 1. The zero-order valence-corrected chi connectivity index (χ0v) is 22.3. The summed E-state index contributed by atoms with van der Waals surface area (Å²) in [5.41, 5.74) is 1.48. The third kappa shape index (κ3) is 5.33. The van der Waals surface area contributed by atoms with Crippen molar-refractivity contribution >= 4 is 39.7 Å². The number of fused-ring (bicyclic) bond motifs is 2. The number of nitrogens with zero attached hydrogens (tertiary/aromatic N) is 3. The van der Waals surface area contributed by atoms with Gasteiger partial charge in [0, 0.05) is 0 Å². The third-order valence-electron chi connectivity index (χ3n) is 6.44. The van der Waals surface area contributed by atoms with Crippen LogP contribution in [0.5, 0.6) is 11.5 Å². The summed E-state index contributed by atoms with van der Waals surface area (Å²) in [4.78, 5) is 30.3. The second kappa shape index (κ2) is 11.4. The molecule has 208 valence electrons. The number of aromatic nitrogens is 2. The number of amides is 1. The second-order valence-corrected chi connectivity index (χ2v) is 9.18. The summed E-state index contributed by atoms with van der Waals surface area (Å²) >= 11 is 0. The number of anilines is 1. The number of rotatable bonds is 8. The third-order valence-corrected chi connectivity index (χ3v) is 6.44. The molecule has 4 aromatic carbocycles. The lowest BCUT2D eigenvalue weighted by Crippen LogP contribution is -2.20. The first-order valence-corrected chi connectivity index (χ1v) is 12.9. The number of para-hydroxylation sites is 2. The fraction of sp³-hybridized carbons (Fsp3) is 0.0625. The van der Waals surface area contributed by atoms with E-state index in [1.165, 1.54) is 29.1 Å². The molecule has 0 saturated heterocycles. The van der Waals surface area contributed by atoms with Gasteiger partial charge in [0.2, 0.25) is 5.82 Å². The van der Waals surface area contributed by atoms with E-state index in [4.69, 9.17) is 18.9 Å². The molecule has 0 radical (unpaired) electrons. The Labute approximate surface area is 238 Å². The van der Waals surface area contributed by atoms with Gasteiger partial charge in [-0.2, -0.15) is 9.78 Å². The highest BCUT2D eigenvalue weighted by atomic mass is 19.1. The van der Waals surface area contributed by atoms with Gasteiger partial charge in [0.05, 0.1) is 35.3 Å². The van der Waals surface area contributed by atoms with E-state index >= 15 is 0 Å². The summed E-state index contributed by atoms with van der Waals surface area (Å²) in [5.74, 6) is 0.619. The summed E-state index contributed by atoms with van der Waals surface area (Å²) in [5, 5.41) is 8.08. The van der Waals surface area contributed by atoms with Crippen LogP contribution in [-0.4, -0.2) is 35.5 Å². The Morgan fingerprint density at radius 3 is 2.60 bits per heavy atom. The fourth-order valence-corrected chi connectivity index (χ4v) is 4.38. The van der Waals surface area contributed by atoms with Crippen LogP contribution in [0.1, 0.15) is 5.56 Å². The Morgan fingerprint density at radius 1 is 1.00 bits per heavy atom. The zero-order valence-electron chi connectivity index (χ0n) is 22.3. The smallest absolute Gasteiger partial charge is 0.282 e. The van der Waals surface area contributed by atoms with E-state index in [2.05, 4.69) is 10.4 Å². The molecule has 10 heteroatoms. The lowest BCUT2D eigenvalue weighted by Gasteiger charge is -2.08. The van der Waals surface area contributed by atoms with E-state index in [1.807, 2.05) is 12.1 Å². The van der Waals surface area contributed by atoms with Gasteiger partial charge in [0.25, 0.3) is 11.5 Å². The molecule has 2 heterocycles. The minimum atomic E-state index is -0.529. The summed E-state index contributed by atoms with van der Waals surface area (Å²) in [6, 6.07) is 26.9. The van der Waals surface area contributed by atoms with E-state index in [0.717, 1.165) is 5.39 Å². The quantitative estimate of drug-likeness (QED) is 0.233. The topological polar surface area (TPSA) is 108 Å². The minimum Gasteiger partial charge on any atom is -0.496 e. The Hall–Kier alpha value is -5.77. The number of nitrogens with one attached hydrogen (secondary N) is 1. The number of halogens is 1. The van der Waals surface area contributed by atoms with Gasteiger partial charge >= 0.3 is 0 Å². The van der Waals surface area contributed by atoms with Gasteiger partial charge < -0.3 is 19.2 Å². The predicted octanol–water partition coefficient (Wildman–Crippen LogP) is 5.86. The molecule has 0 aliphatic heterocycles. The summed E-state index contributed by atoms with van der Waals surface area (Å²) in [7, 11) is 1.58. The van der Waals surface area contributed by atoms with Gasteiger partial charge in [-0.15, -0.1) is 0 Å². The minimum absolute atomic E-state index is 0.0808. The van der Waals surface area contributed by atoms with Gasteiger partial charge in [-0.25, -0.2) is 9.37 Å². The van der Waals surface area contributed by atoms with Gasteiger partial charge in [0.15, 0.2) is 12.4 Å². The Bertz CT molecular complexity index is 2010. The van der Waals surface area contributed by atoms with Crippen molar-refractivity contribution in [2.24, 2.45) is 5.10 Å². The number of benzene rings is 4. The molecular weight excluding hydrogens is 539 g/mol. The average Bonchev–Trinajstić information content (AvgIpc) is 3.46. The number of hydrogen-bond acceptors (Lipinski definition) is 7. The molecule has 0 aliphatic rings. The molecule has 2 aromatic heterocycles. The molecule has 0 fully saturated rings. The van der Waals surface area contributed by atoms with Crippen LogP contribution in [0.4, 0.5) is 10.1 Å². The van der Waals surface area contributed by atoms with Crippen LogP contribution in [0.15, 0.2) is 111 Å². The summed E-state index contributed by atoms with van der Waals surface area (Å²) in [6.07, 6.45) is 1.51. The molecular formula is C32H23FN4O5. The molecule has 0 saturated carbocycles. The number of hydrogen-bond donors (Lipinski definition) is 1. The van der Waals surface area contributed by atoms with Crippen LogP contribution in [0, 0.1) is 5.82 Å². The first kappa shape index (κ1) is 26.5. The lowest BCUT2D eigenvalue weighted by atomic mass is 10.2. The summed E-state index contributed by atoms with van der Waals surface area (Å²) in [6.45, 7) is -0.300. The molecule has 0 atom stereocenters. The van der Waals surface area contributed by atoms with Crippen molar-refractivity contribution in [3.05, 3.63) is 119 Å². The molecule has 1 N–H and O–H groups in total. The largest absolute Gasteiger partial charge is 0.496 e. The molecule has 0 bridgehead atoms. The van der Waals surface area contributed by atoms with Gasteiger partial charge in [0.1, 0.15) is 22.9 Å². The number of ether oxygens (including phenoxy) is 2. The van der Waals surface area contributed by atoms with Crippen molar-refractivity contribution in [3.63, 3.8) is 0 Å². The Balaban J connectivity index is 1.26. The molecule has 0 aliphatic carbocycles. The maximum atomic E-state index is 13.8. The van der Waals surface area contributed by atoms with E-state index in [1.54, 1.807) is 73.8 Å². The second-order valence-electron chi connectivity index (χ2n) is 9.18.